The maximum atomic E-state index is 12.5. The van der Waals surface area contributed by atoms with Crippen LogP contribution in [-0.2, 0) is 30.2 Å². The molecule has 0 aliphatic heterocycles. The summed E-state index contributed by atoms with van der Waals surface area (Å²) in [6.45, 7) is 10.4. The van der Waals surface area contributed by atoms with E-state index in [2.05, 4.69) is 35.4 Å². The molecule has 0 aromatic rings. The number of nitrogens with one attached hydrogen (secondary N) is 1. The summed E-state index contributed by atoms with van der Waals surface area (Å²) in [6, 6.07) is 0. The fourth-order valence-electron chi connectivity index (χ4n) is 6.08. The number of amidine groups is 1. The Morgan fingerprint density at radius 1 is 0.633 bits per heavy atom. The molecule has 3 N–H and O–H groups in total. The molecule has 0 rings (SSSR count). The van der Waals surface area contributed by atoms with Gasteiger partial charge in [0, 0.05) is 26.3 Å². The average Bonchev–Trinajstić information content (AvgIpc) is 3.08. The Balaban J connectivity index is 4.35. The highest BCUT2D eigenvalue weighted by Gasteiger charge is 2.14. The van der Waals surface area contributed by atoms with Crippen LogP contribution >= 0.6 is 0 Å². The average molecular weight is 715 g/mol. The van der Waals surface area contributed by atoms with E-state index in [-0.39, 0.29) is 18.0 Å². The summed E-state index contributed by atoms with van der Waals surface area (Å²) in [5.74, 6) is 0.640. The summed E-state index contributed by atoms with van der Waals surface area (Å²) in [5.41, 5.74) is 0. The molecule has 0 radical (unpaired) electrons. The van der Waals surface area contributed by atoms with Crippen LogP contribution < -0.4 is 9.86 Å². The lowest BCUT2D eigenvalue weighted by Gasteiger charge is -2.22. The van der Waals surface area contributed by atoms with Gasteiger partial charge in [-0.15, -0.1) is 0 Å². The van der Waals surface area contributed by atoms with Crippen molar-refractivity contribution in [3.63, 3.8) is 0 Å². The third-order valence-corrected chi connectivity index (χ3v) is 9.59. The van der Waals surface area contributed by atoms with Crippen molar-refractivity contribution in [2.24, 2.45) is 10.1 Å². The first kappa shape index (κ1) is 47.5. The normalized spacial score (nSPS) is 13.1. The minimum Gasteiger partial charge on any atom is -0.466 e. The van der Waals surface area contributed by atoms with E-state index in [4.69, 9.17) is 14.6 Å². The van der Waals surface area contributed by atoms with Crippen molar-refractivity contribution in [2.45, 2.75) is 200 Å². The predicted molar refractivity (Wildman–Crippen MR) is 208 cm³/mol. The molecule has 2 atom stereocenters. The molecule has 290 valence electrons. The van der Waals surface area contributed by atoms with Crippen LogP contribution in [0.5, 0.6) is 0 Å². The van der Waals surface area contributed by atoms with Crippen molar-refractivity contribution in [1.82, 2.24) is 9.62 Å². The first-order valence-electron chi connectivity index (χ1n) is 20.3. The Morgan fingerprint density at radius 3 is 1.69 bits per heavy atom. The Hall–Kier alpha value is -1.52. The van der Waals surface area contributed by atoms with Crippen LogP contribution in [0.1, 0.15) is 194 Å². The number of nitrogens with two attached hydrogens (primary N) is 1. The highest BCUT2D eigenvalue weighted by atomic mass is 32.2. The molecule has 0 aliphatic carbocycles. The lowest BCUT2D eigenvalue weighted by Crippen LogP contribution is -2.31. The van der Waals surface area contributed by atoms with Gasteiger partial charge in [-0.2, -0.15) is 0 Å². The van der Waals surface area contributed by atoms with E-state index in [1.165, 1.54) is 44.9 Å². The Labute approximate surface area is 304 Å². The summed E-state index contributed by atoms with van der Waals surface area (Å²) in [4.78, 5) is 31.2. The van der Waals surface area contributed by atoms with Crippen LogP contribution in [0.4, 0.5) is 0 Å². The molecular formula is C39H78N4O5S. The Kier molecular flexibility index (Phi) is 35.2. The first-order chi connectivity index (χ1) is 23.9. The molecule has 0 fully saturated rings. The van der Waals surface area contributed by atoms with Crippen LogP contribution in [0, 0.1) is 0 Å². The minimum absolute atomic E-state index is 0.0129. The molecule has 0 spiro atoms. The van der Waals surface area contributed by atoms with E-state index in [0.717, 1.165) is 135 Å². The van der Waals surface area contributed by atoms with E-state index < -0.39 is 11.2 Å². The number of hydrogen-bond donors (Lipinski definition) is 2. The van der Waals surface area contributed by atoms with E-state index in [0.29, 0.717) is 25.3 Å². The maximum absolute atomic E-state index is 12.5. The second-order valence-electron chi connectivity index (χ2n) is 13.8. The lowest BCUT2D eigenvalue weighted by atomic mass is 10.1. The highest BCUT2D eigenvalue weighted by molar-refractivity contribution is 7.81. The smallest absolute Gasteiger partial charge is 0.306 e. The third kappa shape index (κ3) is 33.4. The number of esters is 2. The maximum Gasteiger partial charge on any atom is 0.306 e. The Bertz CT molecular complexity index is 829. The summed E-state index contributed by atoms with van der Waals surface area (Å²) < 4.78 is 25.3. The molecule has 0 aromatic heterocycles. The van der Waals surface area contributed by atoms with E-state index >= 15 is 0 Å². The van der Waals surface area contributed by atoms with Gasteiger partial charge in [-0.1, -0.05) is 111 Å². The van der Waals surface area contributed by atoms with Gasteiger partial charge in [-0.05, 0) is 83.8 Å². The molecule has 49 heavy (non-hydrogen) atoms. The fraction of sp³-hybridized carbons (Fsp3) is 0.923. The number of aliphatic imine (C=N–C) groups is 1. The van der Waals surface area contributed by atoms with Gasteiger partial charge >= 0.3 is 11.9 Å². The predicted octanol–water partition coefficient (Wildman–Crippen LogP) is 9.49. The summed E-state index contributed by atoms with van der Waals surface area (Å²) in [6.07, 6.45) is 28.6. The topological polar surface area (TPSA) is 123 Å². The van der Waals surface area contributed by atoms with Gasteiger partial charge in [0.25, 0.3) is 0 Å². The number of rotatable bonds is 36. The van der Waals surface area contributed by atoms with Gasteiger partial charge < -0.3 is 14.4 Å². The van der Waals surface area contributed by atoms with Gasteiger partial charge in [0.15, 0.2) is 11.2 Å². The van der Waals surface area contributed by atoms with Crippen molar-refractivity contribution in [3.8, 4) is 0 Å². The van der Waals surface area contributed by atoms with Crippen LogP contribution in [0.3, 0.4) is 0 Å². The van der Waals surface area contributed by atoms with Crippen LogP contribution in [0.25, 0.3) is 0 Å². The lowest BCUT2D eigenvalue weighted by molar-refractivity contribution is -0.150. The van der Waals surface area contributed by atoms with Crippen molar-refractivity contribution >= 4 is 28.9 Å². The van der Waals surface area contributed by atoms with Crippen molar-refractivity contribution < 1.29 is 23.3 Å². The van der Waals surface area contributed by atoms with E-state index in [1.54, 1.807) is 7.05 Å². The minimum atomic E-state index is -1.58. The van der Waals surface area contributed by atoms with E-state index in [9.17, 15) is 13.8 Å². The highest BCUT2D eigenvalue weighted by Crippen LogP contribution is 2.16. The summed E-state index contributed by atoms with van der Waals surface area (Å²) >= 11 is -1.58. The SMILES string of the molecule is CCCCCCCOC(=O)CCCCCCCN(CCCCCCCC(=O)OC(CCCC)CCCCC)CCCCC(=NC)NS(N)=O. The zero-order valence-electron chi connectivity index (χ0n) is 32.4. The first-order valence-corrected chi connectivity index (χ1v) is 21.5. The molecule has 0 saturated heterocycles. The number of ether oxygens (including phenoxy) is 2. The molecule has 0 aromatic carbocycles. The third-order valence-electron chi connectivity index (χ3n) is 9.16. The van der Waals surface area contributed by atoms with Crippen LogP contribution in [0.2, 0.25) is 0 Å². The zero-order valence-corrected chi connectivity index (χ0v) is 33.2. The van der Waals surface area contributed by atoms with Gasteiger partial charge in [0.2, 0.25) is 0 Å². The Morgan fingerprint density at radius 2 is 1.10 bits per heavy atom. The van der Waals surface area contributed by atoms with Gasteiger partial charge in [0.05, 0.1) is 6.61 Å². The summed E-state index contributed by atoms with van der Waals surface area (Å²) in [7, 11) is 1.70. The zero-order chi connectivity index (χ0) is 36.2. The van der Waals surface area contributed by atoms with Gasteiger partial charge in [0.1, 0.15) is 11.9 Å². The van der Waals surface area contributed by atoms with Crippen LogP contribution in [-0.4, -0.2) is 66.3 Å². The van der Waals surface area contributed by atoms with Gasteiger partial charge in [-0.3, -0.25) is 19.3 Å². The molecular weight excluding hydrogens is 637 g/mol. The number of carbonyl (C=O) groups is 2. The number of carbonyl (C=O) groups excluding carboxylic acids is 2. The van der Waals surface area contributed by atoms with Crippen molar-refractivity contribution in [1.29, 1.82) is 0 Å². The standard InChI is InChI=1S/C39H78N4O5S/c1-5-8-11-18-26-35-47-38(44)30-20-14-12-16-23-32-43(34-25-22-29-37(41-4)42-49(40)46)33-24-17-13-15-21-31-39(45)48-36(27-10-7-3)28-19-9-6-2/h36H,5-35,40H2,1-4H3,(H,41,42). The fourth-order valence-corrected chi connectivity index (χ4v) is 6.51. The largest absolute Gasteiger partial charge is 0.466 e. The van der Waals surface area contributed by atoms with Crippen molar-refractivity contribution in [2.75, 3.05) is 33.3 Å². The summed E-state index contributed by atoms with van der Waals surface area (Å²) in [5, 5.41) is 5.37. The van der Waals surface area contributed by atoms with Gasteiger partial charge in [-0.25, -0.2) is 9.35 Å². The molecule has 9 nitrogen and oxygen atoms in total. The van der Waals surface area contributed by atoms with Crippen molar-refractivity contribution in [3.05, 3.63) is 0 Å². The molecule has 0 saturated carbocycles. The number of nitrogens with zero attached hydrogens (tertiary/aromatic N) is 2. The molecule has 0 heterocycles. The number of unbranched alkanes of at least 4 members (excludes halogenated alkanes) is 16. The molecule has 10 heteroatoms. The molecule has 0 amide bonds. The second kappa shape index (κ2) is 36.3. The van der Waals surface area contributed by atoms with E-state index in [1.807, 2.05) is 0 Å². The second-order valence-corrected chi connectivity index (χ2v) is 14.6. The van der Waals surface area contributed by atoms with Crippen LogP contribution in [0.15, 0.2) is 4.99 Å². The monoisotopic (exact) mass is 715 g/mol. The molecule has 0 bridgehead atoms. The number of hydrogen-bond acceptors (Lipinski definition) is 7. The quantitative estimate of drug-likeness (QED) is 0.0288. The molecule has 0 aliphatic rings. The molecule has 2 unspecified atom stereocenters.